The standard InChI is InChI=1S/C17H17NO4/c1-11-7-8-13(9-12(11)2)22-10-16(19)18-15-6-4-3-5-14(15)17(20)21/h3-9H,10H2,1-2H3,(H,18,19)(H,20,21)/p-1. The van der Waals surface area contributed by atoms with E-state index in [1.807, 2.05) is 26.0 Å². The third-order valence-electron chi connectivity index (χ3n) is 3.27. The van der Waals surface area contributed by atoms with E-state index in [1.165, 1.54) is 12.1 Å². The Labute approximate surface area is 128 Å². The zero-order valence-electron chi connectivity index (χ0n) is 12.4. The van der Waals surface area contributed by atoms with E-state index in [2.05, 4.69) is 5.32 Å². The van der Waals surface area contributed by atoms with Gasteiger partial charge in [0.15, 0.2) is 6.61 Å². The van der Waals surface area contributed by atoms with Crippen LogP contribution in [0.2, 0.25) is 0 Å². The Morgan fingerprint density at radius 3 is 2.50 bits per heavy atom. The van der Waals surface area contributed by atoms with Crippen LogP contribution in [-0.2, 0) is 4.79 Å². The molecule has 0 heterocycles. The van der Waals surface area contributed by atoms with Gasteiger partial charge in [-0.1, -0.05) is 24.3 Å². The lowest BCUT2D eigenvalue weighted by molar-refractivity contribution is -0.254. The number of nitrogens with one attached hydrogen (secondary N) is 1. The Bertz CT molecular complexity index is 710. The molecule has 5 heteroatoms. The maximum Gasteiger partial charge on any atom is 0.262 e. The lowest BCUT2D eigenvalue weighted by atomic mass is 10.1. The summed E-state index contributed by atoms with van der Waals surface area (Å²) in [5, 5.41) is 13.5. The predicted octanol–water partition coefficient (Wildman–Crippen LogP) is 1.68. The minimum atomic E-state index is -1.34. The maximum absolute atomic E-state index is 11.9. The number of carboxylic acid groups (broad SMARTS) is 1. The van der Waals surface area contributed by atoms with Crippen LogP contribution in [0.5, 0.6) is 5.75 Å². The van der Waals surface area contributed by atoms with Crippen molar-refractivity contribution >= 4 is 17.6 Å². The van der Waals surface area contributed by atoms with Crippen molar-refractivity contribution in [3.05, 3.63) is 59.2 Å². The highest BCUT2D eigenvalue weighted by atomic mass is 16.5. The van der Waals surface area contributed by atoms with Crippen molar-refractivity contribution < 1.29 is 19.4 Å². The molecule has 0 unspecified atom stereocenters. The van der Waals surface area contributed by atoms with E-state index < -0.39 is 11.9 Å². The van der Waals surface area contributed by atoms with Gasteiger partial charge in [-0.05, 0) is 43.2 Å². The molecule has 2 aromatic carbocycles. The van der Waals surface area contributed by atoms with Gasteiger partial charge in [-0.15, -0.1) is 0 Å². The molecule has 0 bridgehead atoms. The van der Waals surface area contributed by atoms with Gasteiger partial charge in [0.2, 0.25) is 0 Å². The van der Waals surface area contributed by atoms with Crippen LogP contribution < -0.4 is 15.2 Å². The van der Waals surface area contributed by atoms with Crippen molar-refractivity contribution in [2.75, 3.05) is 11.9 Å². The summed E-state index contributed by atoms with van der Waals surface area (Å²) in [6, 6.07) is 11.6. The van der Waals surface area contributed by atoms with Crippen molar-refractivity contribution in [2.24, 2.45) is 0 Å². The number of carbonyl (C=O) groups excluding carboxylic acids is 2. The first-order valence-corrected chi connectivity index (χ1v) is 6.77. The smallest absolute Gasteiger partial charge is 0.262 e. The number of carboxylic acids is 1. The van der Waals surface area contributed by atoms with Crippen molar-refractivity contribution in [3.63, 3.8) is 0 Å². The zero-order valence-corrected chi connectivity index (χ0v) is 12.4. The molecule has 1 amide bonds. The SMILES string of the molecule is Cc1ccc(OCC(=O)Nc2ccccc2C(=O)[O-])cc1C. The summed E-state index contributed by atoms with van der Waals surface area (Å²) in [5.41, 5.74) is 2.33. The first kappa shape index (κ1) is 15.6. The summed E-state index contributed by atoms with van der Waals surface area (Å²) in [7, 11) is 0. The fraction of sp³-hybridized carbons (Fsp3) is 0.176. The number of benzene rings is 2. The summed E-state index contributed by atoms with van der Waals surface area (Å²) >= 11 is 0. The van der Waals surface area contributed by atoms with E-state index in [0.29, 0.717) is 5.75 Å². The molecule has 1 N–H and O–H groups in total. The average molecular weight is 298 g/mol. The Morgan fingerprint density at radius 2 is 1.82 bits per heavy atom. The molecule has 114 valence electrons. The van der Waals surface area contributed by atoms with Crippen molar-refractivity contribution in [2.45, 2.75) is 13.8 Å². The van der Waals surface area contributed by atoms with Crippen molar-refractivity contribution in [1.82, 2.24) is 0 Å². The molecule has 0 aliphatic rings. The van der Waals surface area contributed by atoms with Gasteiger partial charge in [0, 0.05) is 11.3 Å². The Kier molecular flexibility index (Phi) is 4.78. The van der Waals surface area contributed by atoms with Gasteiger partial charge in [0.25, 0.3) is 5.91 Å². The quantitative estimate of drug-likeness (QED) is 0.911. The van der Waals surface area contributed by atoms with E-state index in [4.69, 9.17) is 4.74 Å². The molecule has 0 atom stereocenters. The highest BCUT2D eigenvalue weighted by Crippen LogP contribution is 2.17. The zero-order chi connectivity index (χ0) is 16.1. The summed E-state index contributed by atoms with van der Waals surface area (Å²) < 4.78 is 5.40. The summed E-state index contributed by atoms with van der Waals surface area (Å²) in [6.45, 7) is 3.74. The fourth-order valence-electron chi connectivity index (χ4n) is 1.91. The number of hydrogen-bond acceptors (Lipinski definition) is 4. The number of rotatable bonds is 5. The van der Waals surface area contributed by atoms with Gasteiger partial charge in [-0.2, -0.15) is 0 Å². The van der Waals surface area contributed by atoms with Gasteiger partial charge in [-0.3, -0.25) is 4.79 Å². The lowest BCUT2D eigenvalue weighted by Gasteiger charge is -2.12. The van der Waals surface area contributed by atoms with Crippen molar-refractivity contribution in [3.8, 4) is 5.75 Å². The number of aromatic carboxylic acids is 1. The van der Waals surface area contributed by atoms with E-state index in [1.54, 1.807) is 18.2 Å². The van der Waals surface area contributed by atoms with Gasteiger partial charge in [0.1, 0.15) is 5.75 Å². The largest absolute Gasteiger partial charge is 0.545 e. The Morgan fingerprint density at radius 1 is 1.09 bits per heavy atom. The molecular weight excluding hydrogens is 282 g/mol. The summed E-state index contributed by atoms with van der Waals surface area (Å²) in [6.07, 6.45) is 0. The van der Waals surface area contributed by atoms with Gasteiger partial charge in [-0.25, -0.2) is 0 Å². The van der Waals surface area contributed by atoms with E-state index in [0.717, 1.165) is 11.1 Å². The van der Waals surface area contributed by atoms with Crippen LogP contribution in [-0.4, -0.2) is 18.5 Å². The monoisotopic (exact) mass is 298 g/mol. The van der Waals surface area contributed by atoms with Crippen LogP contribution in [0, 0.1) is 13.8 Å². The third kappa shape index (κ3) is 3.85. The summed E-state index contributed by atoms with van der Waals surface area (Å²) in [5.74, 6) is -1.19. The van der Waals surface area contributed by atoms with Crippen LogP contribution in [0.25, 0.3) is 0 Å². The van der Waals surface area contributed by atoms with E-state index >= 15 is 0 Å². The molecule has 0 aromatic heterocycles. The molecule has 2 rings (SSSR count). The van der Waals surface area contributed by atoms with Gasteiger partial charge < -0.3 is 20.0 Å². The highest BCUT2D eigenvalue weighted by Gasteiger charge is 2.08. The molecule has 0 saturated heterocycles. The first-order valence-electron chi connectivity index (χ1n) is 6.77. The van der Waals surface area contributed by atoms with Crippen LogP contribution in [0.3, 0.4) is 0 Å². The van der Waals surface area contributed by atoms with Gasteiger partial charge >= 0.3 is 0 Å². The number of ether oxygens (including phenoxy) is 1. The third-order valence-corrected chi connectivity index (χ3v) is 3.27. The van der Waals surface area contributed by atoms with Crippen LogP contribution in [0.1, 0.15) is 21.5 Å². The Balaban J connectivity index is 1.99. The first-order chi connectivity index (χ1) is 10.5. The second-order valence-electron chi connectivity index (χ2n) is 4.92. The minimum Gasteiger partial charge on any atom is -0.545 e. The molecule has 0 saturated carbocycles. The second kappa shape index (κ2) is 6.76. The number of aryl methyl sites for hydroxylation is 2. The number of amides is 1. The predicted molar refractivity (Wildman–Crippen MR) is 80.8 cm³/mol. The maximum atomic E-state index is 11.9. The molecule has 0 radical (unpaired) electrons. The summed E-state index contributed by atoms with van der Waals surface area (Å²) in [4.78, 5) is 22.8. The average Bonchev–Trinajstić information content (AvgIpc) is 2.49. The minimum absolute atomic E-state index is 0.0676. The number of para-hydroxylation sites is 1. The second-order valence-corrected chi connectivity index (χ2v) is 4.92. The highest BCUT2D eigenvalue weighted by molar-refractivity contribution is 6.00. The number of anilines is 1. The normalized spacial score (nSPS) is 10.1. The number of carbonyl (C=O) groups is 2. The van der Waals surface area contributed by atoms with Crippen molar-refractivity contribution in [1.29, 1.82) is 0 Å². The molecule has 2 aromatic rings. The van der Waals surface area contributed by atoms with Crippen LogP contribution >= 0.6 is 0 Å². The Hall–Kier alpha value is -2.82. The fourth-order valence-corrected chi connectivity index (χ4v) is 1.91. The lowest BCUT2D eigenvalue weighted by Crippen LogP contribution is -2.26. The molecule has 0 aliphatic heterocycles. The molecule has 22 heavy (non-hydrogen) atoms. The van der Waals surface area contributed by atoms with Gasteiger partial charge in [0.05, 0.1) is 5.97 Å². The number of hydrogen-bond donors (Lipinski definition) is 1. The topological polar surface area (TPSA) is 78.5 Å². The van der Waals surface area contributed by atoms with E-state index in [9.17, 15) is 14.7 Å². The molecule has 0 fully saturated rings. The van der Waals surface area contributed by atoms with Crippen LogP contribution in [0.4, 0.5) is 5.69 Å². The molecule has 0 spiro atoms. The van der Waals surface area contributed by atoms with Crippen LogP contribution in [0.15, 0.2) is 42.5 Å². The molecular formula is C17H16NO4-. The molecule has 0 aliphatic carbocycles. The van der Waals surface area contributed by atoms with E-state index in [-0.39, 0.29) is 17.9 Å². The molecule has 5 nitrogen and oxygen atoms in total.